The maximum Gasteiger partial charge on any atom is 0.338 e. The Morgan fingerprint density at radius 3 is 2.54 bits per heavy atom. The Morgan fingerprint density at radius 1 is 1.18 bits per heavy atom. The smallest absolute Gasteiger partial charge is 0.338 e. The van der Waals surface area contributed by atoms with Crippen LogP contribution < -0.4 is 15.4 Å². The van der Waals surface area contributed by atoms with Gasteiger partial charge in [-0.05, 0) is 61.1 Å². The first-order valence-electron chi connectivity index (χ1n) is 8.35. The Kier molecular flexibility index (Phi) is 8.69. The molecule has 9 heteroatoms. The molecular weight excluding hydrogens is 468 g/mol. The number of halogens is 2. The minimum Gasteiger partial charge on any atom is -0.482 e. The lowest BCUT2D eigenvalue weighted by atomic mass is 10.2. The Morgan fingerprint density at radius 2 is 1.89 bits per heavy atom. The lowest BCUT2D eigenvalue weighted by Crippen LogP contribution is -2.37. The van der Waals surface area contributed by atoms with Crippen molar-refractivity contribution in [1.82, 2.24) is 5.32 Å². The van der Waals surface area contributed by atoms with Gasteiger partial charge in [-0.1, -0.05) is 34.5 Å². The van der Waals surface area contributed by atoms with E-state index in [1.54, 1.807) is 42.5 Å². The molecular formula is C19H18BrClN2O4S. The van der Waals surface area contributed by atoms with Crippen LogP contribution in [0.1, 0.15) is 23.7 Å². The van der Waals surface area contributed by atoms with E-state index >= 15 is 0 Å². The van der Waals surface area contributed by atoms with Gasteiger partial charge in [0.1, 0.15) is 5.75 Å². The fourth-order valence-electron chi connectivity index (χ4n) is 2.03. The van der Waals surface area contributed by atoms with E-state index in [1.807, 2.05) is 6.92 Å². The van der Waals surface area contributed by atoms with E-state index < -0.39 is 5.91 Å². The highest BCUT2D eigenvalue weighted by atomic mass is 79.9. The van der Waals surface area contributed by atoms with Gasteiger partial charge in [-0.2, -0.15) is 0 Å². The molecule has 2 N–H and O–H groups in total. The van der Waals surface area contributed by atoms with Crippen molar-refractivity contribution in [1.29, 1.82) is 0 Å². The Hall–Kier alpha value is -2.16. The van der Waals surface area contributed by atoms with Gasteiger partial charge in [-0.15, -0.1) is 0 Å². The number of hydrogen-bond acceptors (Lipinski definition) is 5. The number of benzene rings is 2. The first kappa shape index (κ1) is 22.1. The summed E-state index contributed by atoms with van der Waals surface area (Å²) >= 11 is 14.4. The van der Waals surface area contributed by atoms with Crippen LogP contribution in [0.2, 0.25) is 5.02 Å². The average molecular weight is 486 g/mol. The third-order valence-corrected chi connectivity index (χ3v) is 4.31. The fraction of sp³-hybridized carbons (Fsp3) is 0.211. The molecule has 1 amide bonds. The highest BCUT2D eigenvalue weighted by Gasteiger charge is 2.10. The SMILES string of the molecule is CCCOC(=O)c1ccc(NC(=S)NC(=O)COc2ccc(Br)cc2Cl)cc1. The van der Waals surface area contributed by atoms with Crippen LogP contribution in [0.25, 0.3) is 0 Å². The van der Waals surface area contributed by atoms with E-state index in [0.717, 1.165) is 10.9 Å². The van der Waals surface area contributed by atoms with Gasteiger partial charge in [-0.3, -0.25) is 10.1 Å². The predicted molar refractivity (Wildman–Crippen MR) is 116 cm³/mol. The molecule has 2 rings (SSSR count). The molecule has 0 spiro atoms. The molecule has 0 bridgehead atoms. The van der Waals surface area contributed by atoms with Gasteiger partial charge in [0.2, 0.25) is 0 Å². The number of thiocarbonyl (C=S) groups is 1. The number of carbonyl (C=O) groups excluding carboxylic acids is 2. The molecule has 0 aliphatic carbocycles. The first-order valence-corrected chi connectivity index (χ1v) is 9.93. The van der Waals surface area contributed by atoms with Gasteiger partial charge in [0.05, 0.1) is 17.2 Å². The minimum absolute atomic E-state index is 0.108. The third kappa shape index (κ3) is 7.10. The summed E-state index contributed by atoms with van der Waals surface area (Å²) in [5, 5.41) is 5.86. The zero-order chi connectivity index (χ0) is 20.5. The maximum atomic E-state index is 12.0. The Balaban J connectivity index is 1.81. The molecule has 0 aliphatic rings. The topological polar surface area (TPSA) is 76.7 Å². The molecule has 2 aromatic carbocycles. The van der Waals surface area contributed by atoms with Crippen LogP contribution in [-0.4, -0.2) is 30.2 Å². The lowest BCUT2D eigenvalue weighted by Gasteiger charge is -2.11. The first-order chi connectivity index (χ1) is 13.4. The number of hydrogen-bond donors (Lipinski definition) is 2. The zero-order valence-corrected chi connectivity index (χ0v) is 18.1. The summed E-state index contributed by atoms with van der Waals surface area (Å²) in [7, 11) is 0. The molecule has 28 heavy (non-hydrogen) atoms. The standard InChI is InChI=1S/C19H18BrClN2O4S/c1-2-9-26-18(25)12-3-6-14(7-4-12)22-19(28)23-17(24)11-27-16-8-5-13(20)10-15(16)21/h3-8,10H,2,9,11H2,1H3,(H2,22,23,24,28). The van der Waals surface area contributed by atoms with Crippen molar-refractivity contribution in [2.45, 2.75) is 13.3 Å². The van der Waals surface area contributed by atoms with Gasteiger partial charge in [-0.25, -0.2) is 4.79 Å². The fourth-order valence-corrected chi connectivity index (χ4v) is 2.99. The average Bonchev–Trinajstić information content (AvgIpc) is 2.66. The van der Waals surface area contributed by atoms with Crippen LogP contribution in [0, 0.1) is 0 Å². The van der Waals surface area contributed by atoms with E-state index in [9.17, 15) is 9.59 Å². The van der Waals surface area contributed by atoms with Gasteiger partial charge < -0.3 is 14.8 Å². The molecule has 0 saturated heterocycles. The largest absolute Gasteiger partial charge is 0.482 e. The van der Waals surface area contributed by atoms with Gasteiger partial charge in [0.15, 0.2) is 11.7 Å². The van der Waals surface area contributed by atoms with Gasteiger partial charge in [0, 0.05) is 10.2 Å². The zero-order valence-electron chi connectivity index (χ0n) is 15.0. The summed E-state index contributed by atoms with van der Waals surface area (Å²) < 4.78 is 11.2. The summed E-state index contributed by atoms with van der Waals surface area (Å²) in [5.74, 6) is -0.422. The molecule has 0 radical (unpaired) electrons. The van der Waals surface area contributed by atoms with Crippen LogP contribution in [0.3, 0.4) is 0 Å². The lowest BCUT2D eigenvalue weighted by molar-refractivity contribution is -0.121. The van der Waals surface area contributed by atoms with Gasteiger partial charge in [0.25, 0.3) is 5.91 Å². The van der Waals surface area contributed by atoms with Crippen LogP contribution in [0.5, 0.6) is 5.75 Å². The number of ether oxygens (including phenoxy) is 2. The van der Waals surface area contributed by atoms with Gasteiger partial charge >= 0.3 is 5.97 Å². The van der Waals surface area contributed by atoms with Crippen molar-refractivity contribution < 1.29 is 19.1 Å². The molecule has 0 unspecified atom stereocenters. The second-order valence-electron chi connectivity index (χ2n) is 5.58. The Bertz CT molecular complexity index is 862. The summed E-state index contributed by atoms with van der Waals surface area (Å²) in [6, 6.07) is 11.6. The van der Waals surface area contributed by atoms with E-state index in [2.05, 4.69) is 26.6 Å². The van der Waals surface area contributed by atoms with Crippen molar-refractivity contribution in [2.24, 2.45) is 0 Å². The molecule has 0 heterocycles. The van der Waals surface area contributed by atoms with E-state index in [0.29, 0.717) is 28.6 Å². The maximum absolute atomic E-state index is 12.0. The third-order valence-electron chi connectivity index (χ3n) is 3.32. The summed E-state index contributed by atoms with van der Waals surface area (Å²) in [4.78, 5) is 23.7. The molecule has 148 valence electrons. The van der Waals surface area contributed by atoms with Crippen LogP contribution in [0.4, 0.5) is 5.69 Å². The van der Waals surface area contributed by atoms with Crippen LogP contribution in [-0.2, 0) is 9.53 Å². The van der Waals surface area contributed by atoms with E-state index in [1.165, 1.54) is 0 Å². The van der Waals surface area contributed by atoms with Crippen molar-refractivity contribution in [3.8, 4) is 5.75 Å². The highest BCUT2D eigenvalue weighted by Crippen LogP contribution is 2.27. The number of rotatable bonds is 7. The monoisotopic (exact) mass is 484 g/mol. The molecule has 0 atom stereocenters. The number of amides is 1. The molecule has 0 aromatic heterocycles. The van der Waals surface area contributed by atoms with Crippen molar-refractivity contribution >= 4 is 62.4 Å². The van der Waals surface area contributed by atoms with Crippen molar-refractivity contribution in [3.63, 3.8) is 0 Å². The van der Waals surface area contributed by atoms with Crippen molar-refractivity contribution in [3.05, 3.63) is 57.5 Å². The predicted octanol–water partition coefficient (Wildman–Crippen LogP) is 4.56. The Labute approximate surface area is 181 Å². The minimum atomic E-state index is -0.434. The number of nitrogens with one attached hydrogen (secondary N) is 2. The normalized spacial score (nSPS) is 10.1. The second-order valence-corrected chi connectivity index (χ2v) is 7.31. The summed E-state index contributed by atoms with van der Waals surface area (Å²) in [6.07, 6.45) is 0.761. The number of carbonyl (C=O) groups is 2. The molecule has 0 aliphatic heterocycles. The van der Waals surface area contributed by atoms with E-state index in [4.69, 9.17) is 33.3 Å². The van der Waals surface area contributed by atoms with Crippen LogP contribution >= 0.6 is 39.7 Å². The molecule has 0 fully saturated rings. The number of anilines is 1. The second kappa shape index (κ2) is 11.0. The molecule has 0 saturated carbocycles. The quantitative estimate of drug-likeness (QED) is 0.442. The summed E-state index contributed by atoms with van der Waals surface area (Å²) in [6.45, 7) is 2.06. The molecule has 2 aromatic rings. The van der Waals surface area contributed by atoms with Crippen LogP contribution in [0.15, 0.2) is 46.9 Å². The molecule has 6 nitrogen and oxygen atoms in total. The number of esters is 1. The van der Waals surface area contributed by atoms with E-state index in [-0.39, 0.29) is 17.7 Å². The highest BCUT2D eigenvalue weighted by molar-refractivity contribution is 9.10. The summed E-state index contributed by atoms with van der Waals surface area (Å²) in [5.41, 5.74) is 1.06. The van der Waals surface area contributed by atoms with Crippen molar-refractivity contribution in [2.75, 3.05) is 18.5 Å².